The van der Waals surface area contributed by atoms with Crippen LogP contribution in [0.15, 0.2) is 36.7 Å². The van der Waals surface area contributed by atoms with Crippen LogP contribution in [-0.2, 0) is 0 Å². The van der Waals surface area contributed by atoms with Crippen LogP contribution in [0.2, 0.25) is 0 Å². The number of anilines is 2. The van der Waals surface area contributed by atoms with Crippen molar-refractivity contribution in [2.75, 3.05) is 36.0 Å². The lowest BCUT2D eigenvalue weighted by Gasteiger charge is -2.24. The summed E-state index contributed by atoms with van der Waals surface area (Å²) in [5.74, 6) is -0.664. The average Bonchev–Trinajstić information content (AvgIpc) is 2.81. The van der Waals surface area contributed by atoms with E-state index in [4.69, 9.17) is 5.11 Å². The van der Waals surface area contributed by atoms with Gasteiger partial charge >= 0.3 is 5.97 Å². The average molecular weight is 316 g/mol. The summed E-state index contributed by atoms with van der Waals surface area (Å²) in [4.78, 5) is 22.9. The van der Waals surface area contributed by atoms with E-state index in [9.17, 15) is 9.18 Å². The largest absolute Gasteiger partial charge is 0.476 e. The van der Waals surface area contributed by atoms with Crippen LogP contribution in [0.5, 0.6) is 0 Å². The second-order valence-electron chi connectivity index (χ2n) is 5.34. The van der Waals surface area contributed by atoms with E-state index in [-0.39, 0.29) is 11.5 Å². The molecule has 1 aromatic heterocycles. The molecule has 0 saturated carbocycles. The van der Waals surface area contributed by atoms with Gasteiger partial charge in [-0.1, -0.05) is 12.1 Å². The second kappa shape index (κ2) is 6.60. The van der Waals surface area contributed by atoms with Gasteiger partial charge in [0.15, 0.2) is 5.69 Å². The molecule has 0 aliphatic carbocycles. The predicted octanol–water partition coefficient (Wildman–Crippen LogP) is 2.03. The summed E-state index contributed by atoms with van der Waals surface area (Å²) in [5.41, 5.74) is 0.540. The van der Waals surface area contributed by atoms with E-state index >= 15 is 0 Å². The van der Waals surface area contributed by atoms with Crippen LogP contribution in [0.4, 0.5) is 15.9 Å². The number of carbonyl (C=O) groups is 1. The smallest absolute Gasteiger partial charge is 0.356 e. The maximum Gasteiger partial charge on any atom is 0.356 e. The molecule has 1 saturated heterocycles. The summed E-state index contributed by atoms with van der Waals surface area (Å²) >= 11 is 0. The molecule has 0 spiro atoms. The Kier molecular flexibility index (Phi) is 4.36. The SMILES string of the molecule is O=C(O)c1cnc(N2CCCN(c3ccccc3F)CC2)cn1. The first kappa shape index (κ1) is 15.2. The fraction of sp³-hybridized carbons (Fsp3) is 0.312. The van der Waals surface area contributed by atoms with Gasteiger partial charge in [-0.2, -0.15) is 0 Å². The molecule has 0 bridgehead atoms. The highest BCUT2D eigenvalue weighted by molar-refractivity contribution is 5.84. The third-order valence-electron chi connectivity index (χ3n) is 3.87. The van der Waals surface area contributed by atoms with Crippen molar-refractivity contribution in [3.63, 3.8) is 0 Å². The number of hydrogen-bond acceptors (Lipinski definition) is 5. The van der Waals surface area contributed by atoms with E-state index in [0.29, 0.717) is 24.6 Å². The third-order valence-corrected chi connectivity index (χ3v) is 3.87. The van der Waals surface area contributed by atoms with Crippen molar-refractivity contribution in [3.05, 3.63) is 48.2 Å². The standard InChI is InChI=1S/C16H17FN4O2/c17-12-4-1-2-5-14(12)20-6-3-7-21(9-8-20)15-11-18-13(10-19-15)16(22)23/h1-2,4-5,10-11H,3,6-9H2,(H,22,23). The molecular weight excluding hydrogens is 299 g/mol. The van der Waals surface area contributed by atoms with Crippen molar-refractivity contribution in [2.45, 2.75) is 6.42 Å². The molecule has 1 aliphatic rings. The Morgan fingerprint density at radius 2 is 1.78 bits per heavy atom. The number of benzene rings is 1. The zero-order valence-electron chi connectivity index (χ0n) is 12.5. The molecule has 1 aromatic carbocycles. The van der Waals surface area contributed by atoms with Crippen LogP contribution in [0, 0.1) is 5.82 Å². The highest BCUT2D eigenvalue weighted by Gasteiger charge is 2.18. The number of rotatable bonds is 3. The lowest BCUT2D eigenvalue weighted by molar-refractivity contribution is 0.0690. The first-order valence-electron chi connectivity index (χ1n) is 7.45. The molecule has 120 valence electrons. The van der Waals surface area contributed by atoms with Crippen LogP contribution in [0.1, 0.15) is 16.9 Å². The van der Waals surface area contributed by atoms with Crippen molar-refractivity contribution in [2.24, 2.45) is 0 Å². The minimum absolute atomic E-state index is 0.0726. The van der Waals surface area contributed by atoms with Crippen molar-refractivity contribution >= 4 is 17.5 Å². The highest BCUT2D eigenvalue weighted by atomic mass is 19.1. The predicted molar refractivity (Wildman–Crippen MR) is 84.4 cm³/mol. The molecule has 1 fully saturated rings. The second-order valence-corrected chi connectivity index (χ2v) is 5.34. The molecule has 1 N–H and O–H groups in total. The van der Waals surface area contributed by atoms with Gasteiger partial charge in [-0.25, -0.2) is 19.2 Å². The van der Waals surface area contributed by atoms with E-state index in [2.05, 4.69) is 9.97 Å². The molecule has 23 heavy (non-hydrogen) atoms. The van der Waals surface area contributed by atoms with Gasteiger partial charge in [0.05, 0.1) is 18.1 Å². The first-order valence-corrected chi connectivity index (χ1v) is 7.45. The molecule has 0 unspecified atom stereocenters. The number of aromatic carboxylic acids is 1. The maximum absolute atomic E-state index is 13.9. The van der Waals surface area contributed by atoms with Crippen LogP contribution in [0.25, 0.3) is 0 Å². The Labute approximate surface area is 133 Å². The minimum atomic E-state index is -1.09. The zero-order valence-corrected chi connectivity index (χ0v) is 12.5. The number of para-hydroxylation sites is 1. The molecule has 7 heteroatoms. The molecule has 6 nitrogen and oxygen atoms in total. The Balaban J connectivity index is 1.71. The summed E-state index contributed by atoms with van der Waals surface area (Å²) in [6, 6.07) is 6.76. The summed E-state index contributed by atoms with van der Waals surface area (Å²) in [5, 5.41) is 8.86. The zero-order chi connectivity index (χ0) is 16.2. The van der Waals surface area contributed by atoms with Crippen molar-refractivity contribution < 1.29 is 14.3 Å². The third kappa shape index (κ3) is 3.39. The molecule has 0 atom stereocenters. The van der Waals surface area contributed by atoms with Gasteiger partial charge in [-0.15, -0.1) is 0 Å². The molecule has 0 amide bonds. The number of nitrogens with zero attached hydrogens (tertiary/aromatic N) is 4. The van der Waals surface area contributed by atoms with E-state index in [1.54, 1.807) is 12.1 Å². The van der Waals surface area contributed by atoms with Gasteiger partial charge in [0, 0.05) is 26.2 Å². The monoisotopic (exact) mass is 316 g/mol. The molecule has 0 radical (unpaired) electrons. The number of carboxylic acids is 1. The van der Waals surface area contributed by atoms with Gasteiger partial charge < -0.3 is 14.9 Å². The Morgan fingerprint density at radius 3 is 2.48 bits per heavy atom. The van der Waals surface area contributed by atoms with Gasteiger partial charge in [-0.05, 0) is 18.6 Å². The number of carboxylic acid groups (broad SMARTS) is 1. The van der Waals surface area contributed by atoms with E-state index in [1.165, 1.54) is 18.5 Å². The Morgan fingerprint density at radius 1 is 1.04 bits per heavy atom. The number of aromatic nitrogens is 2. The summed E-state index contributed by atoms with van der Waals surface area (Å²) in [6.07, 6.45) is 3.59. The van der Waals surface area contributed by atoms with Crippen LogP contribution in [0.3, 0.4) is 0 Å². The van der Waals surface area contributed by atoms with Gasteiger partial charge in [-0.3, -0.25) is 0 Å². The van der Waals surface area contributed by atoms with Crippen molar-refractivity contribution in [1.82, 2.24) is 9.97 Å². The summed E-state index contributed by atoms with van der Waals surface area (Å²) in [7, 11) is 0. The maximum atomic E-state index is 13.9. The molecule has 1 aliphatic heterocycles. The van der Waals surface area contributed by atoms with Gasteiger partial charge in [0.25, 0.3) is 0 Å². The molecular formula is C16H17FN4O2. The summed E-state index contributed by atoms with van der Waals surface area (Å²) in [6.45, 7) is 2.88. The number of halogens is 1. The number of hydrogen-bond donors (Lipinski definition) is 1. The lowest BCUT2D eigenvalue weighted by atomic mass is 10.2. The quantitative estimate of drug-likeness (QED) is 0.934. The van der Waals surface area contributed by atoms with E-state index in [0.717, 1.165) is 19.5 Å². The first-order chi connectivity index (χ1) is 11.1. The van der Waals surface area contributed by atoms with Crippen LogP contribution < -0.4 is 9.80 Å². The highest BCUT2D eigenvalue weighted by Crippen LogP contribution is 2.21. The van der Waals surface area contributed by atoms with Crippen molar-refractivity contribution in [1.29, 1.82) is 0 Å². The lowest BCUT2D eigenvalue weighted by Crippen LogP contribution is -2.31. The van der Waals surface area contributed by atoms with Gasteiger partial charge in [0.2, 0.25) is 0 Å². The topological polar surface area (TPSA) is 69.6 Å². The van der Waals surface area contributed by atoms with Crippen LogP contribution in [-0.4, -0.2) is 47.2 Å². The molecule has 2 heterocycles. The normalized spacial score (nSPS) is 15.3. The minimum Gasteiger partial charge on any atom is -0.476 e. The van der Waals surface area contributed by atoms with E-state index < -0.39 is 5.97 Å². The summed E-state index contributed by atoms with van der Waals surface area (Å²) < 4.78 is 13.9. The van der Waals surface area contributed by atoms with Crippen LogP contribution >= 0.6 is 0 Å². The molecule has 2 aromatic rings. The fourth-order valence-corrected chi connectivity index (χ4v) is 2.69. The molecule has 3 rings (SSSR count). The van der Waals surface area contributed by atoms with Crippen molar-refractivity contribution in [3.8, 4) is 0 Å². The van der Waals surface area contributed by atoms with Gasteiger partial charge in [0.1, 0.15) is 11.6 Å². The van der Waals surface area contributed by atoms with E-state index in [1.807, 2.05) is 15.9 Å². The fourth-order valence-electron chi connectivity index (χ4n) is 2.69. The Hall–Kier alpha value is -2.70. The Bertz CT molecular complexity index is 693.